The Bertz CT molecular complexity index is 750. The van der Waals surface area contributed by atoms with E-state index in [-0.39, 0.29) is 5.54 Å². The molecule has 1 atom stereocenters. The van der Waals surface area contributed by atoms with E-state index >= 15 is 0 Å². The number of nitrogens with one attached hydrogen (secondary N) is 1. The van der Waals surface area contributed by atoms with Gasteiger partial charge in [0.2, 0.25) is 0 Å². The molecule has 2 aromatic heterocycles. The van der Waals surface area contributed by atoms with Crippen molar-refractivity contribution in [2.45, 2.75) is 12.5 Å². The standard InChI is InChI=1S/C16H19N5/c1-16(10-17,12-6-4-3-5-7-12)20-15-14-13(8-9-18-15)21(2)11-19-14/h3-9,11H,10,17H2,1-2H3,(H,18,20). The van der Waals surface area contributed by atoms with Gasteiger partial charge in [-0.3, -0.25) is 0 Å². The molecule has 0 fully saturated rings. The minimum Gasteiger partial charge on any atom is -0.358 e. The largest absolute Gasteiger partial charge is 0.358 e. The summed E-state index contributed by atoms with van der Waals surface area (Å²) in [5.41, 5.74) is 8.66. The molecule has 1 aromatic carbocycles. The van der Waals surface area contributed by atoms with E-state index < -0.39 is 0 Å². The van der Waals surface area contributed by atoms with Crippen molar-refractivity contribution >= 4 is 16.9 Å². The van der Waals surface area contributed by atoms with Crippen molar-refractivity contribution in [2.75, 3.05) is 11.9 Å². The van der Waals surface area contributed by atoms with Gasteiger partial charge in [0, 0.05) is 19.8 Å². The Balaban J connectivity index is 2.04. The molecular formula is C16H19N5. The van der Waals surface area contributed by atoms with E-state index in [2.05, 4.69) is 34.3 Å². The van der Waals surface area contributed by atoms with E-state index in [0.29, 0.717) is 6.54 Å². The molecule has 2 heterocycles. The van der Waals surface area contributed by atoms with Crippen LogP contribution in [-0.4, -0.2) is 21.1 Å². The fourth-order valence-electron chi connectivity index (χ4n) is 2.46. The molecule has 0 amide bonds. The molecule has 108 valence electrons. The third-order valence-electron chi connectivity index (χ3n) is 3.86. The summed E-state index contributed by atoms with van der Waals surface area (Å²) in [6.07, 6.45) is 3.58. The number of rotatable bonds is 4. The zero-order valence-electron chi connectivity index (χ0n) is 12.2. The SMILES string of the molecule is Cn1cnc2c(NC(C)(CN)c3ccccc3)nccc21. The summed E-state index contributed by atoms with van der Waals surface area (Å²) in [6, 6.07) is 12.1. The third kappa shape index (κ3) is 2.36. The van der Waals surface area contributed by atoms with Crippen LogP contribution < -0.4 is 11.1 Å². The lowest BCUT2D eigenvalue weighted by Crippen LogP contribution is -2.40. The maximum atomic E-state index is 6.02. The number of nitrogens with zero attached hydrogens (tertiary/aromatic N) is 3. The Kier molecular flexibility index (Phi) is 3.35. The van der Waals surface area contributed by atoms with E-state index in [1.165, 1.54) is 0 Å². The quantitative estimate of drug-likeness (QED) is 0.769. The van der Waals surface area contributed by atoms with Gasteiger partial charge in [0.15, 0.2) is 5.82 Å². The van der Waals surface area contributed by atoms with E-state index in [0.717, 1.165) is 22.4 Å². The van der Waals surface area contributed by atoms with Crippen molar-refractivity contribution in [1.82, 2.24) is 14.5 Å². The van der Waals surface area contributed by atoms with Crippen molar-refractivity contribution in [3.63, 3.8) is 0 Å². The summed E-state index contributed by atoms with van der Waals surface area (Å²) < 4.78 is 1.98. The zero-order chi connectivity index (χ0) is 14.9. The number of fused-ring (bicyclic) bond motifs is 1. The van der Waals surface area contributed by atoms with Crippen LogP contribution in [0.1, 0.15) is 12.5 Å². The van der Waals surface area contributed by atoms with Crippen LogP contribution in [0.15, 0.2) is 48.9 Å². The average molecular weight is 281 g/mol. The topological polar surface area (TPSA) is 68.8 Å². The van der Waals surface area contributed by atoms with E-state index in [4.69, 9.17) is 5.73 Å². The summed E-state index contributed by atoms with van der Waals surface area (Å²) in [7, 11) is 1.97. The molecule has 0 saturated carbocycles. The number of hydrogen-bond acceptors (Lipinski definition) is 4. The molecule has 3 N–H and O–H groups in total. The highest BCUT2D eigenvalue weighted by atomic mass is 15.1. The Hall–Kier alpha value is -2.40. The fourth-order valence-corrected chi connectivity index (χ4v) is 2.46. The molecule has 0 aliphatic rings. The van der Waals surface area contributed by atoms with Crippen molar-refractivity contribution in [3.8, 4) is 0 Å². The highest BCUT2D eigenvalue weighted by Crippen LogP contribution is 2.27. The Morgan fingerprint density at radius 1 is 1.19 bits per heavy atom. The van der Waals surface area contributed by atoms with Crippen molar-refractivity contribution < 1.29 is 0 Å². The van der Waals surface area contributed by atoms with Gasteiger partial charge in [-0.15, -0.1) is 0 Å². The molecule has 3 rings (SSSR count). The van der Waals surface area contributed by atoms with Gasteiger partial charge in [-0.05, 0) is 18.6 Å². The third-order valence-corrected chi connectivity index (χ3v) is 3.86. The van der Waals surface area contributed by atoms with Crippen LogP contribution in [0.5, 0.6) is 0 Å². The number of anilines is 1. The molecule has 5 heteroatoms. The second kappa shape index (κ2) is 5.18. The maximum absolute atomic E-state index is 6.02. The molecule has 0 saturated heterocycles. The van der Waals surface area contributed by atoms with Crippen LogP contribution in [0.2, 0.25) is 0 Å². The summed E-state index contributed by atoms with van der Waals surface area (Å²) >= 11 is 0. The summed E-state index contributed by atoms with van der Waals surface area (Å²) in [5.74, 6) is 0.755. The predicted octanol–water partition coefficient (Wildman–Crippen LogP) is 2.25. The van der Waals surface area contributed by atoms with Gasteiger partial charge >= 0.3 is 0 Å². The van der Waals surface area contributed by atoms with Crippen LogP contribution >= 0.6 is 0 Å². The fraction of sp³-hybridized carbons (Fsp3) is 0.250. The highest BCUT2D eigenvalue weighted by molar-refractivity contribution is 5.86. The van der Waals surface area contributed by atoms with Gasteiger partial charge in [-0.1, -0.05) is 30.3 Å². The molecule has 5 nitrogen and oxygen atoms in total. The number of benzene rings is 1. The first-order chi connectivity index (χ1) is 10.1. The van der Waals surface area contributed by atoms with E-state index in [1.54, 1.807) is 12.5 Å². The molecule has 0 aliphatic carbocycles. The number of aromatic nitrogens is 3. The normalized spacial score (nSPS) is 14.0. The lowest BCUT2D eigenvalue weighted by atomic mass is 9.92. The summed E-state index contributed by atoms with van der Waals surface area (Å²) in [6.45, 7) is 2.54. The van der Waals surface area contributed by atoms with Gasteiger partial charge in [-0.2, -0.15) is 0 Å². The molecule has 21 heavy (non-hydrogen) atoms. The highest BCUT2D eigenvalue weighted by Gasteiger charge is 2.26. The smallest absolute Gasteiger partial charge is 0.154 e. The number of nitrogens with two attached hydrogens (primary N) is 1. The van der Waals surface area contributed by atoms with Crippen molar-refractivity contribution in [1.29, 1.82) is 0 Å². The van der Waals surface area contributed by atoms with Gasteiger partial charge in [0.25, 0.3) is 0 Å². The average Bonchev–Trinajstić information content (AvgIpc) is 2.91. The number of imidazole rings is 1. The van der Waals surface area contributed by atoms with Gasteiger partial charge in [-0.25, -0.2) is 9.97 Å². The summed E-state index contributed by atoms with van der Waals surface area (Å²) in [4.78, 5) is 8.86. The van der Waals surface area contributed by atoms with Gasteiger partial charge in [0.05, 0.1) is 17.4 Å². The van der Waals surface area contributed by atoms with Gasteiger partial charge < -0.3 is 15.6 Å². The molecule has 3 aromatic rings. The second-order valence-corrected chi connectivity index (χ2v) is 5.41. The predicted molar refractivity (Wildman–Crippen MR) is 85.0 cm³/mol. The number of hydrogen-bond donors (Lipinski definition) is 2. The minimum absolute atomic E-state index is 0.389. The van der Waals surface area contributed by atoms with Crippen LogP contribution in [0.25, 0.3) is 11.0 Å². The number of pyridine rings is 1. The first-order valence-electron chi connectivity index (χ1n) is 6.94. The first-order valence-corrected chi connectivity index (χ1v) is 6.94. The van der Waals surface area contributed by atoms with Crippen LogP contribution in [0.3, 0.4) is 0 Å². The molecule has 1 unspecified atom stereocenters. The van der Waals surface area contributed by atoms with Crippen LogP contribution in [-0.2, 0) is 12.6 Å². The second-order valence-electron chi connectivity index (χ2n) is 5.41. The first kappa shape index (κ1) is 13.6. The molecular weight excluding hydrogens is 262 g/mol. The molecule has 0 bridgehead atoms. The zero-order valence-corrected chi connectivity index (χ0v) is 12.2. The van der Waals surface area contributed by atoms with E-state index in [1.807, 2.05) is 35.9 Å². The van der Waals surface area contributed by atoms with Gasteiger partial charge in [0.1, 0.15) is 5.52 Å². The minimum atomic E-state index is -0.389. The van der Waals surface area contributed by atoms with Crippen LogP contribution in [0, 0.1) is 0 Å². The molecule has 0 radical (unpaired) electrons. The molecule has 0 spiro atoms. The number of aryl methyl sites for hydroxylation is 1. The maximum Gasteiger partial charge on any atom is 0.154 e. The van der Waals surface area contributed by atoms with E-state index in [9.17, 15) is 0 Å². The van der Waals surface area contributed by atoms with Crippen LogP contribution in [0.4, 0.5) is 5.82 Å². The monoisotopic (exact) mass is 281 g/mol. The van der Waals surface area contributed by atoms with Crippen molar-refractivity contribution in [3.05, 3.63) is 54.5 Å². The Morgan fingerprint density at radius 2 is 1.95 bits per heavy atom. The molecule has 0 aliphatic heterocycles. The Labute approximate surface area is 123 Å². The van der Waals surface area contributed by atoms with Crippen molar-refractivity contribution in [2.24, 2.45) is 12.8 Å². The lowest BCUT2D eigenvalue weighted by Gasteiger charge is -2.30. The summed E-state index contributed by atoms with van der Waals surface area (Å²) in [5, 5.41) is 3.47. The Morgan fingerprint density at radius 3 is 2.67 bits per heavy atom. The lowest BCUT2D eigenvalue weighted by molar-refractivity contribution is 0.554.